The fraction of sp³-hybridized carbons (Fsp3) is 0.583. The van der Waals surface area contributed by atoms with Gasteiger partial charge in [0.05, 0.1) is 0 Å². The fourth-order valence-electron chi connectivity index (χ4n) is 1.68. The Kier molecular flexibility index (Phi) is 4.96. The van der Waals surface area contributed by atoms with Crippen LogP contribution in [-0.4, -0.2) is 23.2 Å². The number of rotatable bonds is 6. The van der Waals surface area contributed by atoms with E-state index in [1.807, 2.05) is 26.2 Å². The number of hydrogen-bond acceptors (Lipinski definition) is 3. The van der Waals surface area contributed by atoms with E-state index in [4.69, 9.17) is 5.11 Å². The summed E-state index contributed by atoms with van der Waals surface area (Å²) in [5.74, 6) is -0.672. The van der Waals surface area contributed by atoms with Gasteiger partial charge in [-0.3, -0.25) is 4.79 Å². The van der Waals surface area contributed by atoms with Gasteiger partial charge in [-0.15, -0.1) is 0 Å². The Morgan fingerprint density at radius 2 is 2.19 bits per heavy atom. The minimum Gasteiger partial charge on any atom is -0.480 e. The van der Waals surface area contributed by atoms with Crippen LogP contribution in [0.5, 0.6) is 0 Å². The molecule has 1 rings (SSSR count). The first-order chi connectivity index (χ1) is 7.50. The molecule has 2 N–H and O–H groups in total. The van der Waals surface area contributed by atoms with Crippen LogP contribution in [0.4, 0.5) is 0 Å². The minimum absolute atomic E-state index is 0.0995. The van der Waals surface area contributed by atoms with E-state index in [-0.39, 0.29) is 12.0 Å². The van der Waals surface area contributed by atoms with Gasteiger partial charge in [0.2, 0.25) is 0 Å². The first-order valence-electron chi connectivity index (χ1n) is 5.50. The highest BCUT2D eigenvalue weighted by atomic mass is 32.1. The van der Waals surface area contributed by atoms with Crippen LogP contribution in [0.25, 0.3) is 0 Å². The second-order valence-corrected chi connectivity index (χ2v) is 5.24. The number of carbonyl (C=O) groups is 1. The fourth-order valence-corrected chi connectivity index (χ4v) is 2.36. The monoisotopic (exact) mass is 241 g/mol. The molecule has 90 valence electrons. The van der Waals surface area contributed by atoms with E-state index in [1.165, 1.54) is 5.56 Å². The largest absolute Gasteiger partial charge is 0.480 e. The molecule has 0 aromatic carbocycles. The van der Waals surface area contributed by atoms with E-state index < -0.39 is 12.0 Å². The first-order valence-corrected chi connectivity index (χ1v) is 6.45. The van der Waals surface area contributed by atoms with Crippen molar-refractivity contribution in [3.05, 3.63) is 22.4 Å². The van der Waals surface area contributed by atoms with Crippen molar-refractivity contribution in [1.82, 2.24) is 5.32 Å². The molecule has 0 saturated heterocycles. The van der Waals surface area contributed by atoms with Crippen molar-refractivity contribution < 1.29 is 9.90 Å². The van der Waals surface area contributed by atoms with Gasteiger partial charge in [0.1, 0.15) is 6.04 Å². The van der Waals surface area contributed by atoms with Crippen LogP contribution in [0.3, 0.4) is 0 Å². The van der Waals surface area contributed by atoms with Crippen LogP contribution >= 0.6 is 11.3 Å². The molecule has 2 unspecified atom stereocenters. The summed E-state index contributed by atoms with van der Waals surface area (Å²) >= 11 is 1.67. The van der Waals surface area contributed by atoms with E-state index in [9.17, 15) is 4.79 Å². The topological polar surface area (TPSA) is 49.3 Å². The predicted octanol–water partition coefficient (Wildman–Crippen LogP) is 2.38. The van der Waals surface area contributed by atoms with Gasteiger partial charge in [-0.2, -0.15) is 11.3 Å². The predicted molar refractivity (Wildman–Crippen MR) is 66.9 cm³/mol. The van der Waals surface area contributed by atoms with Gasteiger partial charge in [-0.25, -0.2) is 0 Å². The summed E-state index contributed by atoms with van der Waals surface area (Å²) in [5, 5.41) is 16.4. The molecule has 0 fully saturated rings. The number of hydrogen-bond donors (Lipinski definition) is 2. The normalized spacial score (nSPS) is 15.0. The van der Waals surface area contributed by atoms with Gasteiger partial charge in [0, 0.05) is 6.04 Å². The molecule has 1 aromatic heterocycles. The van der Waals surface area contributed by atoms with E-state index in [0.29, 0.717) is 0 Å². The zero-order valence-electron chi connectivity index (χ0n) is 9.93. The minimum atomic E-state index is -0.771. The quantitative estimate of drug-likeness (QED) is 0.804. The van der Waals surface area contributed by atoms with E-state index in [0.717, 1.165) is 6.42 Å². The van der Waals surface area contributed by atoms with Crippen LogP contribution in [-0.2, 0) is 11.2 Å². The Morgan fingerprint density at radius 1 is 1.50 bits per heavy atom. The molecule has 2 atom stereocenters. The molecule has 0 radical (unpaired) electrons. The molecular formula is C12H19NO2S. The summed E-state index contributed by atoms with van der Waals surface area (Å²) in [5.41, 5.74) is 1.26. The number of nitrogens with one attached hydrogen (secondary N) is 1. The van der Waals surface area contributed by atoms with Crippen molar-refractivity contribution >= 4 is 17.3 Å². The molecule has 1 heterocycles. The molecule has 0 aliphatic rings. The molecular weight excluding hydrogens is 222 g/mol. The maximum Gasteiger partial charge on any atom is 0.320 e. The summed E-state index contributed by atoms with van der Waals surface area (Å²) in [6.07, 6.45) is 0.875. The molecule has 0 aliphatic heterocycles. The second kappa shape index (κ2) is 6.01. The van der Waals surface area contributed by atoms with Gasteiger partial charge >= 0.3 is 5.97 Å². The van der Waals surface area contributed by atoms with Crippen molar-refractivity contribution in [2.75, 3.05) is 0 Å². The highest BCUT2D eigenvalue weighted by Gasteiger charge is 2.22. The zero-order chi connectivity index (χ0) is 12.1. The second-order valence-electron chi connectivity index (χ2n) is 4.46. The van der Waals surface area contributed by atoms with Crippen LogP contribution < -0.4 is 5.32 Å². The Morgan fingerprint density at radius 3 is 2.62 bits per heavy atom. The number of carboxylic acids is 1. The number of aliphatic carboxylic acids is 1. The lowest BCUT2D eigenvalue weighted by Gasteiger charge is -2.22. The third kappa shape index (κ3) is 3.94. The SMILES string of the molecule is CC(Cc1ccsc1)NC(C(=O)O)C(C)C. The molecule has 0 amide bonds. The lowest BCUT2D eigenvalue weighted by atomic mass is 10.0. The maximum atomic E-state index is 11.0. The lowest BCUT2D eigenvalue weighted by molar-refractivity contribution is -0.140. The van der Waals surface area contributed by atoms with Gasteiger partial charge in [-0.05, 0) is 41.7 Å². The number of carboxylic acid groups (broad SMARTS) is 1. The Labute approximate surface area is 100 Å². The van der Waals surface area contributed by atoms with Gasteiger partial charge in [-0.1, -0.05) is 13.8 Å². The van der Waals surface area contributed by atoms with Gasteiger partial charge in [0.25, 0.3) is 0 Å². The molecule has 4 heteroatoms. The van der Waals surface area contributed by atoms with Crippen molar-refractivity contribution in [2.45, 2.75) is 39.3 Å². The molecule has 0 aliphatic carbocycles. The zero-order valence-corrected chi connectivity index (χ0v) is 10.8. The van der Waals surface area contributed by atoms with Crippen LogP contribution in [0.2, 0.25) is 0 Å². The van der Waals surface area contributed by atoms with E-state index in [1.54, 1.807) is 11.3 Å². The smallest absolute Gasteiger partial charge is 0.320 e. The van der Waals surface area contributed by atoms with Crippen molar-refractivity contribution in [3.8, 4) is 0 Å². The van der Waals surface area contributed by atoms with Gasteiger partial charge in [0.15, 0.2) is 0 Å². The maximum absolute atomic E-state index is 11.0. The Hall–Kier alpha value is -0.870. The molecule has 0 spiro atoms. The molecule has 0 saturated carbocycles. The molecule has 3 nitrogen and oxygen atoms in total. The van der Waals surface area contributed by atoms with Crippen molar-refractivity contribution in [2.24, 2.45) is 5.92 Å². The summed E-state index contributed by atoms with van der Waals surface area (Å²) in [6.45, 7) is 5.86. The lowest BCUT2D eigenvalue weighted by Crippen LogP contribution is -2.46. The van der Waals surface area contributed by atoms with Crippen molar-refractivity contribution in [1.29, 1.82) is 0 Å². The molecule has 0 bridgehead atoms. The molecule has 1 aromatic rings. The van der Waals surface area contributed by atoms with E-state index >= 15 is 0 Å². The summed E-state index contributed by atoms with van der Waals surface area (Å²) in [4.78, 5) is 11.0. The Balaban J connectivity index is 2.49. The average molecular weight is 241 g/mol. The highest BCUT2D eigenvalue weighted by molar-refractivity contribution is 7.07. The molecule has 16 heavy (non-hydrogen) atoms. The number of thiophene rings is 1. The Bertz CT molecular complexity index is 322. The summed E-state index contributed by atoms with van der Waals surface area (Å²) < 4.78 is 0. The average Bonchev–Trinajstić information content (AvgIpc) is 2.65. The van der Waals surface area contributed by atoms with Crippen LogP contribution in [0, 0.1) is 5.92 Å². The standard InChI is InChI=1S/C12H19NO2S/c1-8(2)11(12(14)15)13-9(3)6-10-4-5-16-7-10/h4-5,7-9,11,13H,6H2,1-3H3,(H,14,15). The summed E-state index contributed by atoms with van der Waals surface area (Å²) in [7, 11) is 0. The third-order valence-electron chi connectivity index (χ3n) is 2.52. The third-order valence-corrected chi connectivity index (χ3v) is 3.25. The van der Waals surface area contributed by atoms with Crippen LogP contribution in [0.1, 0.15) is 26.3 Å². The van der Waals surface area contributed by atoms with Crippen LogP contribution in [0.15, 0.2) is 16.8 Å². The van der Waals surface area contributed by atoms with Gasteiger partial charge < -0.3 is 10.4 Å². The highest BCUT2D eigenvalue weighted by Crippen LogP contribution is 2.10. The first kappa shape index (κ1) is 13.2. The summed E-state index contributed by atoms with van der Waals surface area (Å²) in [6, 6.07) is 1.79. The van der Waals surface area contributed by atoms with Crippen molar-refractivity contribution in [3.63, 3.8) is 0 Å². The van der Waals surface area contributed by atoms with E-state index in [2.05, 4.69) is 16.8 Å².